The van der Waals surface area contributed by atoms with Gasteiger partial charge in [-0.25, -0.2) is 0 Å². The fourth-order valence-corrected chi connectivity index (χ4v) is 3.89. The molecule has 0 saturated heterocycles. The van der Waals surface area contributed by atoms with Crippen molar-refractivity contribution in [1.82, 2.24) is 0 Å². The molecule has 0 heterocycles. The van der Waals surface area contributed by atoms with E-state index in [0.717, 1.165) is 0 Å². The summed E-state index contributed by atoms with van der Waals surface area (Å²) in [5, 5.41) is 37.0. The van der Waals surface area contributed by atoms with Crippen molar-refractivity contribution in [1.29, 1.82) is 0 Å². The van der Waals surface area contributed by atoms with Gasteiger partial charge in [-0.3, -0.25) is 19.2 Å². The lowest BCUT2D eigenvalue weighted by Gasteiger charge is -2.40. The first-order valence-corrected chi connectivity index (χ1v) is 5.65. The molecule has 2 aliphatic rings. The molecule has 0 aromatic carbocycles. The van der Waals surface area contributed by atoms with Crippen molar-refractivity contribution in [3.8, 4) is 0 Å². The van der Waals surface area contributed by atoms with Crippen LogP contribution in [0.1, 0.15) is 22.1 Å². The summed E-state index contributed by atoms with van der Waals surface area (Å²) in [6, 6.07) is 0. The zero-order chi connectivity index (χ0) is 14.6. The van der Waals surface area contributed by atoms with Crippen LogP contribution < -0.4 is 0 Å². The first kappa shape index (κ1) is 13.3. The van der Waals surface area contributed by atoms with E-state index in [1.807, 2.05) is 0 Å². The maximum absolute atomic E-state index is 11.5. The van der Waals surface area contributed by atoms with Crippen molar-refractivity contribution < 1.29 is 42.5 Å². The lowest BCUT2D eigenvalue weighted by atomic mass is 9.58. The third-order valence-electron chi connectivity index (χ3n) is 4.60. The highest BCUT2D eigenvalue weighted by atomic mass is 16.4. The first-order valence-electron chi connectivity index (χ1n) is 5.65. The second-order valence-electron chi connectivity index (χ2n) is 5.12. The summed E-state index contributed by atoms with van der Waals surface area (Å²) in [5.74, 6) is -9.36. The van der Waals surface area contributed by atoms with Crippen LogP contribution in [-0.4, -0.2) is 44.3 Å². The molecule has 19 heavy (non-hydrogen) atoms. The number of hydrogen-bond acceptors (Lipinski definition) is 4. The van der Waals surface area contributed by atoms with Gasteiger partial charge < -0.3 is 20.4 Å². The van der Waals surface area contributed by atoms with Gasteiger partial charge in [-0.05, 0) is 25.2 Å². The van der Waals surface area contributed by atoms with Gasteiger partial charge in [0.2, 0.25) is 0 Å². The molecule has 0 aliphatic heterocycles. The van der Waals surface area contributed by atoms with E-state index in [4.69, 9.17) is 5.11 Å². The van der Waals surface area contributed by atoms with Crippen LogP contribution in [-0.2, 0) is 19.2 Å². The smallest absolute Gasteiger partial charge is 0.323 e. The van der Waals surface area contributed by atoms with Crippen LogP contribution in [0, 0.1) is 22.7 Å². The SMILES string of the molecule is O=C(O)C1C2CCC(C(=O)O)(C2)C1(C(=O)O)C(=O)O.[HH].[HH]. The molecule has 4 N–H and O–H groups in total. The number of aliphatic carboxylic acids is 4. The Kier molecular flexibility index (Phi) is 2.58. The standard InChI is InChI=1S/C11H12O8.2H2/c12-6(13)5-4-1-2-10(3-4,7(14)15)11(5,8(16)17)9(18)19;;/h4-5H,1-3H2,(H,12,13)(H,14,15)(H,16,17)(H,18,19);2*1H. The Bertz CT molecular complexity index is 490. The molecular weight excluding hydrogens is 260 g/mol. The molecule has 0 aromatic heterocycles. The zero-order valence-corrected chi connectivity index (χ0v) is 9.70. The van der Waals surface area contributed by atoms with Crippen molar-refractivity contribution in [3.05, 3.63) is 0 Å². The van der Waals surface area contributed by atoms with Crippen LogP contribution in [0.2, 0.25) is 0 Å². The van der Waals surface area contributed by atoms with Crippen LogP contribution in [0.25, 0.3) is 0 Å². The highest BCUT2D eigenvalue weighted by Crippen LogP contribution is 2.67. The monoisotopic (exact) mass is 276 g/mol. The summed E-state index contributed by atoms with van der Waals surface area (Å²) in [6.07, 6.45) is -0.140. The van der Waals surface area contributed by atoms with E-state index in [1.165, 1.54) is 0 Å². The second-order valence-corrected chi connectivity index (χ2v) is 5.12. The molecule has 2 saturated carbocycles. The molecule has 0 radical (unpaired) electrons. The van der Waals surface area contributed by atoms with Crippen molar-refractivity contribution in [2.24, 2.45) is 22.7 Å². The lowest BCUT2D eigenvalue weighted by Crippen LogP contribution is -2.59. The molecule has 2 rings (SSSR count). The van der Waals surface area contributed by atoms with E-state index in [2.05, 4.69) is 0 Å². The topological polar surface area (TPSA) is 149 Å². The zero-order valence-electron chi connectivity index (χ0n) is 9.70. The summed E-state index contributed by atoms with van der Waals surface area (Å²) in [4.78, 5) is 45.7. The van der Waals surface area contributed by atoms with E-state index in [1.54, 1.807) is 0 Å². The fraction of sp³-hybridized carbons (Fsp3) is 0.636. The van der Waals surface area contributed by atoms with Gasteiger partial charge in [0.1, 0.15) is 0 Å². The van der Waals surface area contributed by atoms with E-state index < -0.39 is 46.5 Å². The Balaban J connectivity index is 0.00000200. The van der Waals surface area contributed by atoms with Gasteiger partial charge in [-0.2, -0.15) is 0 Å². The van der Waals surface area contributed by atoms with Crippen molar-refractivity contribution >= 4 is 23.9 Å². The molecule has 0 amide bonds. The summed E-state index contributed by atoms with van der Waals surface area (Å²) in [7, 11) is 0. The quantitative estimate of drug-likeness (QED) is 0.532. The molecule has 3 atom stereocenters. The summed E-state index contributed by atoms with van der Waals surface area (Å²) >= 11 is 0. The molecular formula is C11H16O8. The molecule has 2 bridgehead atoms. The van der Waals surface area contributed by atoms with E-state index in [9.17, 15) is 34.5 Å². The van der Waals surface area contributed by atoms with Gasteiger partial charge in [0.25, 0.3) is 0 Å². The van der Waals surface area contributed by atoms with Crippen molar-refractivity contribution in [2.75, 3.05) is 0 Å². The Hall–Kier alpha value is -2.12. The van der Waals surface area contributed by atoms with Crippen molar-refractivity contribution in [2.45, 2.75) is 19.3 Å². The van der Waals surface area contributed by atoms with Gasteiger partial charge >= 0.3 is 23.9 Å². The Morgan fingerprint density at radius 2 is 1.47 bits per heavy atom. The number of fused-ring (bicyclic) bond motifs is 2. The minimum atomic E-state index is -2.80. The Morgan fingerprint density at radius 3 is 1.84 bits per heavy atom. The van der Waals surface area contributed by atoms with Crippen LogP contribution in [0.4, 0.5) is 0 Å². The minimum Gasteiger partial charge on any atom is -0.481 e. The maximum Gasteiger partial charge on any atom is 0.323 e. The average Bonchev–Trinajstić information content (AvgIpc) is 2.82. The molecule has 0 spiro atoms. The van der Waals surface area contributed by atoms with Crippen molar-refractivity contribution in [3.63, 3.8) is 0 Å². The lowest BCUT2D eigenvalue weighted by molar-refractivity contribution is -0.193. The van der Waals surface area contributed by atoms with Gasteiger partial charge in [0.15, 0.2) is 5.41 Å². The number of carboxylic acids is 4. The Labute approximate surface area is 109 Å². The highest BCUT2D eigenvalue weighted by Gasteiger charge is 2.80. The second kappa shape index (κ2) is 3.69. The van der Waals surface area contributed by atoms with E-state index >= 15 is 0 Å². The van der Waals surface area contributed by atoms with Gasteiger partial charge in [0.05, 0.1) is 11.3 Å². The molecule has 0 aromatic rings. The predicted octanol–water partition coefficient (Wildman–Crippen LogP) is 0.219. The maximum atomic E-state index is 11.5. The van der Waals surface area contributed by atoms with Crippen LogP contribution >= 0.6 is 0 Å². The predicted molar refractivity (Wildman–Crippen MR) is 60.5 cm³/mol. The van der Waals surface area contributed by atoms with Crippen LogP contribution in [0.3, 0.4) is 0 Å². The van der Waals surface area contributed by atoms with Gasteiger partial charge in [0, 0.05) is 2.85 Å². The minimum absolute atomic E-state index is 0. The highest BCUT2D eigenvalue weighted by molar-refractivity contribution is 6.08. The van der Waals surface area contributed by atoms with Gasteiger partial charge in [-0.1, -0.05) is 0 Å². The normalized spacial score (nSPS) is 34.9. The number of carboxylic acid groups (broad SMARTS) is 4. The third-order valence-corrected chi connectivity index (χ3v) is 4.60. The fourth-order valence-electron chi connectivity index (χ4n) is 3.89. The molecule has 8 nitrogen and oxygen atoms in total. The molecule has 2 fully saturated rings. The molecule has 2 aliphatic carbocycles. The Morgan fingerprint density at radius 1 is 0.947 bits per heavy atom. The van der Waals surface area contributed by atoms with Crippen LogP contribution in [0.15, 0.2) is 0 Å². The number of carbonyl (C=O) groups is 4. The third kappa shape index (κ3) is 1.23. The summed E-state index contributed by atoms with van der Waals surface area (Å²) in [6.45, 7) is 0. The van der Waals surface area contributed by atoms with Gasteiger partial charge in [-0.15, -0.1) is 0 Å². The van der Waals surface area contributed by atoms with Crippen LogP contribution in [0.5, 0.6) is 0 Å². The molecule has 8 heteroatoms. The average molecular weight is 276 g/mol. The first-order chi connectivity index (χ1) is 8.71. The number of hydrogen-bond donors (Lipinski definition) is 4. The van der Waals surface area contributed by atoms with E-state index in [-0.39, 0.29) is 22.1 Å². The largest absolute Gasteiger partial charge is 0.481 e. The molecule has 108 valence electrons. The molecule has 3 unspecified atom stereocenters. The number of rotatable bonds is 4. The summed E-state index contributed by atoms with van der Waals surface area (Å²) in [5.41, 5.74) is -4.84. The summed E-state index contributed by atoms with van der Waals surface area (Å²) < 4.78 is 0. The van der Waals surface area contributed by atoms with E-state index in [0.29, 0.717) is 0 Å².